The lowest BCUT2D eigenvalue weighted by Crippen LogP contribution is -2.30. The van der Waals surface area contributed by atoms with Gasteiger partial charge in [-0.1, -0.05) is 53.9 Å². The third-order valence-electron chi connectivity index (χ3n) is 4.63. The van der Waals surface area contributed by atoms with E-state index in [1.54, 1.807) is 0 Å². The van der Waals surface area contributed by atoms with E-state index >= 15 is 0 Å². The molecule has 0 aromatic carbocycles. The Balaban J connectivity index is 2.77. The lowest BCUT2D eigenvalue weighted by Gasteiger charge is -2.39. The van der Waals surface area contributed by atoms with E-state index in [9.17, 15) is 0 Å². The van der Waals surface area contributed by atoms with Gasteiger partial charge >= 0.3 is 0 Å². The fourth-order valence-electron chi connectivity index (χ4n) is 3.96. The molecule has 0 saturated heterocycles. The van der Waals surface area contributed by atoms with Crippen LogP contribution >= 0.6 is 0 Å². The number of rotatable bonds is 4. The van der Waals surface area contributed by atoms with Gasteiger partial charge < -0.3 is 0 Å². The highest BCUT2D eigenvalue weighted by Gasteiger charge is 2.42. The summed E-state index contributed by atoms with van der Waals surface area (Å²) in [6, 6.07) is 0. The number of hydrogen-bond donors (Lipinski definition) is 0. The van der Waals surface area contributed by atoms with Crippen LogP contribution in [-0.4, -0.2) is 0 Å². The van der Waals surface area contributed by atoms with Gasteiger partial charge in [-0.2, -0.15) is 0 Å². The van der Waals surface area contributed by atoms with Crippen LogP contribution in [0.3, 0.4) is 0 Å². The van der Waals surface area contributed by atoms with Gasteiger partial charge in [0.2, 0.25) is 0 Å². The molecule has 14 heavy (non-hydrogen) atoms. The van der Waals surface area contributed by atoms with Crippen molar-refractivity contribution >= 4 is 0 Å². The molecule has 1 fully saturated rings. The molecule has 0 bridgehead atoms. The van der Waals surface area contributed by atoms with Crippen LogP contribution in [-0.2, 0) is 0 Å². The SMILES string of the molecule is CCC(C(C)C)C1(CC)CCC(C)C1. The van der Waals surface area contributed by atoms with Crippen molar-refractivity contribution in [3.05, 3.63) is 0 Å². The molecule has 3 atom stereocenters. The first-order valence-corrected chi connectivity index (χ1v) is 6.55. The van der Waals surface area contributed by atoms with Crippen LogP contribution in [0.15, 0.2) is 0 Å². The second-order valence-electron chi connectivity index (χ2n) is 5.82. The molecule has 0 spiro atoms. The van der Waals surface area contributed by atoms with Crippen molar-refractivity contribution < 1.29 is 0 Å². The van der Waals surface area contributed by atoms with Crippen molar-refractivity contribution in [2.24, 2.45) is 23.2 Å². The van der Waals surface area contributed by atoms with Crippen LogP contribution in [0.5, 0.6) is 0 Å². The molecule has 0 nitrogen and oxygen atoms in total. The third-order valence-corrected chi connectivity index (χ3v) is 4.63. The lowest BCUT2D eigenvalue weighted by molar-refractivity contribution is 0.104. The Labute approximate surface area is 90.5 Å². The molecule has 84 valence electrons. The maximum absolute atomic E-state index is 2.43. The van der Waals surface area contributed by atoms with E-state index in [0.717, 1.165) is 17.8 Å². The molecule has 1 rings (SSSR count). The van der Waals surface area contributed by atoms with E-state index in [1.165, 1.54) is 32.1 Å². The highest BCUT2D eigenvalue weighted by atomic mass is 14.5. The average molecular weight is 196 g/mol. The molecule has 1 saturated carbocycles. The molecule has 0 aromatic heterocycles. The van der Waals surface area contributed by atoms with E-state index < -0.39 is 0 Å². The van der Waals surface area contributed by atoms with Crippen molar-refractivity contribution in [2.45, 2.75) is 66.7 Å². The summed E-state index contributed by atoms with van der Waals surface area (Å²) in [6.07, 6.45) is 7.21. The van der Waals surface area contributed by atoms with Gasteiger partial charge in [0.1, 0.15) is 0 Å². The minimum absolute atomic E-state index is 0.697. The van der Waals surface area contributed by atoms with Crippen molar-refractivity contribution in [2.75, 3.05) is 0 Å². The predicted molar refractivity (Wildman–Crippen MR) is 64.4 cm³/mol. The summed E-state index contributed by atoms with van der Waals surface area (Å²) in [4.78, 5) is 0. The van der Waals surface area contributed by atoms with E-state index in [0.29, 0.717) is 5.41 Å². The first-order chi connectivity index (χ1) is 6.55. The Morgan fingerprint density at radius 2 is 1.93 bits per heavy atom. The summed E-state index contributed by atoms with van der Waals surface area (Å²) in [6.45, 7) is 12.0. The van der Waals surface area contributed by atoms with Crippen LogP contribution < -0.4 is 0 Å². The molecule has 0 N–H and O–H groups in total. The van der Waals surface area contributed by atoms with Crippen LogP contribution in [0.2, 0.25) is 0 Å². The maximum Gasteiger partial charge on any atom is -0.0267 e. The van der Waals surface area contributed by atoms with Gasteiger partial charge in [-0.15, -0.1) is 0 Å². The van der Waals surface area contributed by atoms with Gasteiger partial charge in [0.05, 0.1) is 0 Å². The van der Waals surface area contributed by atoms with Crippen molar-refractivity contribution in [1.82, 2.24) is 0 Å². The van der Waals surface area contributed by atoms with Gasteiger partial charge in [-0.3, -0.25) is 0 Å². The minimum Gasteiger partial charge on any atom is -0.0651 e. The Bertz CT molecular complexity index is 171. The lowest BCUT2D eigenvalue weighted by atomic mass is 9.66. The largest absolute Gasteiger partial charge is 0.0651 e. The number of hydrogen-bond acceptors (Lipinski definition) is 0. The van der Waals surface area contributed by atoms with E-state index in [4.69, 9.17) is 0 Å². The predicted octanol–water partition coefficient (Wildman–Crippen LogP) is 4.89. The van der Waals surface area contributed by atoms with Crippen LogP contribution in [0, 0.1) is 23.2 Å². The van der Waals surface area contributed by atoms with E-state index in [2.05, 4.69) is 34.6 Å². The minimum atomic E-state index is 0.697. The van der Waals surface area contributed by atoms with Crippen LogP contribution in [0.4, 0.5) is 0 Å². The molecular weight excluding hydrogens is 168 g/mol. The highest BCUT2D eigenvalue weighted by Crippen LogP contribution is 2.52. The first kappa shape index (κ1) is 12.1. The molecule has 1 aliphatic rings. The summed E-state index contributed by atoms with van der Waals surface area (Å²) in [5.41, 5.74) is 0.697. The Morgan fingerprint density at radius 1 is 1.29 bits per heavy atom. The van der Waals surface area contributed by atoms with Gasteiger partial charge in [0, 0.05) is 0 Å². The second kappa shape index (κ2) is 4.68. The average Bonchev–Trinajstić information content (AvgIpc) is 2.49. The molecule has 0 aromatic rings. The topological polar surface area (TPSA) is 0 Å². The van der Waals surface area contributed by atoms with Gasteiger partial charge in [0.25, 0.3) is 0 Å². The molecule has 1 aliphatic carbocycles. The Morgan fingerprint density at radius 3 is 2.21 bits per heavy atom. The zero-order chi connectivity index (χ0) is 10.8. The third kappa shape index (κ3) is 2.15. The quantitative estimate of drug-likeness (QED) is 0.601. The standard InChI is InChI=1S/C14H28/c1-6-13(11(3)4)14(7-2)9-8-12(5)10-14/h11-13H,6-10H2,1-5H3. The van der Waals surface area contributed by atoms with Gasteiger partial charge in [-0.25, -0.2) is 0 Å². The second-order valence-corrected chi connectivity index (χ2v) is 5.82. The summed E-state index contributed by atoms with van der Waals surface area (Å²) < 4.78 is 0. The maximum atomic E-state index is 2.43. The van der Waals surface area contributed by atoms with E-state index in [1.807, 2.05) is 0 Å². The molecule has 0 heterocycles. The molecular formula is C14H28. The molecule has 0 aliphatic heterocycles. The van der Waals surface area contributed by atoms with Gasteiger partial charge in [-0.05, 0) is 36.0 Å². The van der Waals surface area contributed by atoms with Crippen molar-refractivity contribution in [1.29, 1.82) is 0 Å². The Hall–Kier alpha value is 0. The molecule has 0 amide bonds. The highest BCUT2D eigenvalue weighted by molar-refractivity contribution is 4.92. The smallest absolute Gasteiger partial charge is 0.0267 e. The first-order valence-electron chi connectivity index (χ1n) is 6.55. The van der Waals surface area contributed by atoms with Crippen LogP contribution in [0.1, 0.15) is 66.7 Å². The monoisotopic (exact) mass is 196 g/mol. The zero-order valence-electron chi connectivity index (χ0n) is 10.8. The van der Waals surface area contributed by atoms with Crippen LogP contribution in [0.25, 0.3) is 0 Å². The normalized spacial score (nSPS) is 35.1. The van der Waals surface area contributed by atoms with Crippen molar-refractivity contribution in [3.8, 4) is 0 Å². The van der Waals surface area contributed by atoms with E-state index in [-0.39, 0.29) is 0 Å². The fraction of sp³-hybridized carbons (Fsp3) is 1.00. The molecule has 3 unspecified atom stereocenters. The van der Waals surface area contributed by atoms with Gasteiger partial charge in [0.15, 0.2) is 0 Å². The fourth-order valence-corrected chi connectivity index (χ4v) is 3.96. The molecule has 0 radical (unpaired) electrons. The summed E-state index contributed by atoms with van der Waals surface area (Å²) in [5.74, 6) is 2.80. The Kier molecular flexibility index (Phi) is 4.04. The summed E-state index contributed by atoms with van der Waals surface area (Å²) >= 11 is 0. The summed E-state index contributed by atoms with van der Waals surface area (Å²) in [5, 5.41) is 0. The summed E-state index contributed by atoms with van der Waals surface area (Å²) in [7, 11) is 0. The van der Waals surface area contributed by atoms with Crippen molar-refractivity contribution in [3.63, 3.8) is 0 Å². The molecule has 0 heteroatoms. The zero-order valence-corrected chi connectivity index (χ0v) is 10.8.